The minimum Gasteiger partial charge on any atom is -0.361 e. The lowest BCUT2D eigenvalue weighted by atomic mass is 10.1. The van der Waals surface area contributed by atoms with Crippen LogP contribution in [0.3, 0.4) is 0 Å². The van der Waals surface area contributed by atoms with E-state index in [1.807, 2.05) is 12.1 Å². The first-order valence-corrected chi connectivity index (χ1v) is 8.75. The number of aryl methyl sites for hydroxylation is 2. The van der Waals surface area contributed by atoms with Gasteiger partial charge >= 0.3 is 0 Å². The monoisotopic (exact) mass is 321 g/mol. The van der Waals surface area contributed by atoms with Gasteiger partial charge in [-0.3, -0.25) is 4.79 Å². The maximum Gasteiger partial charge on any atom is 0.243 e. The molecule has 0 aromatic heterocycles. The maximum absolute atomic E-state index is 12.5. The Labute approximate surface area is 142 Å². The van der Waals surface area contributed by atoms with Gasteiger partial charge in [0.05, 0.1) is 6.54 Å². The van der Waals surface area contributed by atoms with E-state index in [9.17, 15) is 4.79 Å². The van der Waals surface area contributed by atoms with Crippen LogP contribution in [0.1, 0.15) is 23.1 Å². The fraction of sp³-hybridized carbons (Fsp3) is 0.350. The molecule has 0 saturated heterocycles. The van der Waals surface area contributed by atoms with Crippen molar-refractivity contribution in [2.75, 3.05) is 29.9 Å². The summed E-state index contributed by atoms with van der Waals surface area (Å²) < 4.78 is 0. The Balaban J connectivity index is 1.46. The third-order valence-electron chi connectivity index (χ3n) is 4.92. The number of benzene rings is 2. The van der Waals surface area contributed by atoms with E-state index in [-0.39, 0.29) is 5.91 Å². The van der Waals surface area contributed by atoms with Crippen molar-refractivity contribution in [1.29, 1.82) is 0 Å². The number of nitrogens with zero attached hydrogens (tertiary/aromatic N) is 1. The molecular weight excluding hydrogens is 298 g/mol. The maximum atomic E-state index is 12.5. The van der Waals surface area contributed by atoms with Crippen LogP contribution in [-0.2, 0) is 24.2 Å². The molecule has 0 radical (unpaired) electrons. The van der Waals surface area contributed by atoms with E-state index in [1.165, 1.54) is 29.5 Å². The van der Waals surface area contributed by atoms with Gasteiger partial charge in [-0.15, -0.1) is 0 Å². The van der Waals surface area contributed by atoms with Gasteiger partial charge in [-0.2, -0.15) is 0 Å². The number of para-hydroxylation sites is 1. The van der Waals surface area contributed by atoms with Gasteiger partial charge in [-0.25, -0.2) is 0 Å². The standard InChI is InChI=1S/C20H23N3O/c24-20(22-18-9-8-15-5-3-6-16(15)12-18)14-23-11-10-21-13-17-4-1-2-7-19(17)23/h1-2,4,7-9,12,21H,3,5-6,10-11,13-14H2,(H,22,24). The molecule has 4 rings (SSSR count). The van der Waals surface area contributed by atoms with Gasteiger partial charge in [-0.05, 0) is 54.2 Å². The minimum atomic E-state index is 0.0460. The van der Waals surface area contributed by atoms with Crippen LogP contribution >= 0.6 is 0 Å². The summed E-state index contributed by atoms with van der Waals surface area (Å²) in [6.07, 6.45) is 3.52. The van der Waals surface area contributed by atoms with Gasteiger partial charge in [0.1, 0.15) is 0 Å². The second-order valence-corrected chi connectivity index (χ2v) is 6.61. The van der Waals surface area contributed by atoms with Crippen molar-refractivity contribution in [3.05, 3.63) is 59.2 Å². The number of fused-ring (bicyclic) bond motifs is 2. The molecule has 124 valence electrons. The molecule has 1 aliphatic carbocycles. The third-order valence-corrected chi connectivity index (χ3v) is 4.92. The van der Waals surface area contributed by atoms with Crippen molar-refractivity contribution in [2.45, 2.75) is 25.8 Å². The molecule has 0 spiro atoms. The van der Waals surface area contributed by atoms with Crippen LogP contribution in [0.5, 0.6) is 0 Å². The van der Waals surface area contributed by atoms with Gasteiger partial charge in [0.2, 0.25) is 5.91 Å². The Bertz CT molecular complexity index is 756. The number of nitrogens with one attached hydrogen (secondary N) is 2. The first kappa shape index (κ1) is 15.2. The van der Waals surface area contributed by atoms with E-state index in [0.717, 1.165) is 37.4 Å². The van der Waals surface area contributed by atoms with Crippen LogP contribution in [0, 0.1) is 0 Å². The zero-order valence-corrected chi connectivity index (χ0v) is 13.8. The minimum absolute atomic E-state index is 0.0460. The Hall–Kier alpha value is -2.33. The Kier molecular flexibility index (Phi) is 4.22. The number of carbonyl (C=O) groups is 1. The molecule has 0 unspecified atom stereocenters. The van der Waals surface area contributed by atoms with Crippen LogP contribution < -0.4 is 15.5 Å². The summed E-state index contributed by atoms with van der Waals surface area (Å²) >= 11 is 0. The molecule has 0 bridgehead atoms. The lowest BCUT2D eigenvalue weighted by Crippen LogP contribution is -2.36. The van der Waals surface area contributed by atoms with Gasteiger partial charge in [0.25, 0.3) is 0 Å². The van der Waals surface area contributed by atoms with Crippen molar-refractivity contribution in [3.8, 4) is 0 Å². The van der Waals surface area contributed by atoms with Crippen LogP contribution in [0.15, 0.2) is 42.5 Å². The summed E-state index contributed by atoms with van der Waals surface area (Å²) in [5.74, 6) is 0.0460. The topological polar surface area (TPSA) is 44.4 Å². The summed E-state index contributed by atoms with van der Waals surface area (Å²) in [6.45, 7) is 2.98. The number of hydrogen-bond acceptors (Lipinski definition) is 3. The summed E-state index contributed by atoms with van der Waals surface area (Å²) in [7, 11) is 0. The Morgan fingerprint density at radius 1 is 1.08 bits per heavy atom. The van der Waals surface area contributed by atoms with E-state index < -0.39 is 0 Å². The smallest absolute Gasteiger partial charge is 0.243 e. The fourth-order valence-electron chi connectivity index (χ4n) is 3.71. The number of rotatable bonds is 3. The first-order chi connectivity index (χ1) is 11.8. The van der Waals surface area contributed by atoms with Gasteiger partial charge in [0, 0.05) is 31.0 Å². The number of carbonyl (C=O) groups excluding carboxylic acids is 1. The molecule has 1 aliphatic heterocycles. The second kappa shape index (κ2) is 6.65. The Morgan fingerprint density at radius 2 is 1.96 bits per heavy atom. The SMILES string of the molecule is O=C(CN1CCNCc2ccccc21)Nc1ccc2c(c1)CCC2. The lowest BCUT2D eigenvalue weighted by Gasteiger charge is -2.24. The molecule has 2 N–H and O–H groups in total. The number of anilines is 2. The van der Waals surface area contributed by atoms with E-state index in [4.69, 9.17) is 0 Å². The van der Waals surface area contributed by atoms with Crippen molar-refractivity contribution >= 4 is 17.3 Å². The molecule has 4 heteroatoms. The predicted molar refractivity (Wildman–Crippen MR) is 97.5 cm³/mol. The highest BCUT2D eigenvalue weighted by atomic mass is 16.2. The summed E-state index contributed by atoms with van der Waals surface area (Å²) in [6, 6.07) is 14.6. The summed E-state index contributed by atoms with van der Waals surface area (Å²) in [5.41, 5.74) is 6.14. The highest BCUT2D eigenvalue weighted by Crippen LogP contribution is 2.25. The first-order valence-electron chi connectivity index (χ1n) is 8.75. The van der Waals surface area contributed by atoms with Crippen LogP contribution in [0.2, 0.25) is 0 Å². The normalized spacial score (nSPS) is 16.2. The molecule has 24 heavy (non-hydrogen) atoms. The van der Waals surface area contributed by atoms with Crippen molar-refractivity contribution in [1.82, 2.24) is 5.32 Å². The van der Waals surface area contributed by atoms with Gasteiger partial charge in [-0.1, -0.05) is 24.3 Å². The molecule has 2 aromatic carbocycles. The highest BCUT2D eigenvalue weighted by molar-refractivity contribution is 5.94. The van der Waals surface area contributed by atoms with Gasteiger partial charge < -0.3 is 15.5 Å². The third kappa shape index (κ3) is 3.15. The van der Waals surface area contributed by atoms with Crippen LogP contribution in [0.25, 0.3) is 0 Å². The molecule has 2 aliphatic rings. The molecule has 0 saturated carbocycles. The van der Waals surface area contributed by atoms with Gasteiger partial charge in [0.15, 0.2) is 0 Å². The summed E-state index contributed by atoms with van der Waals surface area (Å²) in [4.78, 5) is 14.7. The quantitative estimate of drug-likeness (QED) is 0.913. The average Bonchev–Trinajstić information content (AvgIpc) is 2.96. The van der Waals surface area contributed by atoms with Crippen LogP contribution in [0.4, 0.5) is 11.4 Å². The predicted octanol–water partition coefficient (Wildman–Crippen LogP) is 2.72. The van der Waals surface area contributed by atoms with Crippen molar-refractivity contribution in [3.63, 3.8) is 0 Å². The van der Waals surface area contributed by atoms with E-state index >= 15 is 0 Å². The van der Waals surface area contributed by atoms with E-state index in [0.29, 0.717) is 6.54 Å². The molecule has 0 fully saturated rings. The molecule has 1 amide bonds. The zero-order valence-electron chi connectivity index (χ0n) is 13.8. The van der Waals surface area contributed by atoms with Crippen molar-refractivity contribution < 1.29 is 4.79 Å². The molecule has 0 atom stereocenters. The molecule has 2 aromatic rings. The fourth-order valence-corrected chi connectivity index (χ4v) is 3.71. The van der Waals surface area contributed by atoms with E-state index in [2.05, 4.69) is 45.9 Å². The summed E-state index contributed by atoms with van der Waals surface area (Å²) in [5, 5.41) is 6.48. The zero-order chi connectivity index (χ0) is 16.4. The lowest BCUT2D eigenvalue weighted by molar-refractivity contribution is -0.115. The molecule has 1 heterocycles. The van der Waals surface area contributed by atoms with E-state index in [1.54, 1.807) is 0 Å². The average molecular weight is 321 g/mol. The highest BCUT2D eigenvalue weighted by Gasteiger charge is 2.18. The van der Waals surface area contributed by atoms with Crippen molar-refractivity contribution in [2.24, 2.45) is 0 Å². The largest absolute Gasteiger partial charge is 0.361 e. The van der Waals surface area contributed by atoms with Crippen LogP contribution in [-0.4, -0.2) is 25.5 Å². The molecule has 4 nitrogen and oxygen atoms in total. The Morgan fingerprint density at radius 3 is 2.92 bits per heavy atom. The number of amides is 1. The molecular formula is C20H23N3O. The number of hydrogen-bond donors (Lipinski definition) is 2. The second-order valence-electron chi connectivity index (χ2n) is 6.61.